The molecule has 10 heteroatoms. The molecule has 2 aromatic carbocycles. The second-order valence-electron chi connectivity index (χ2n) is 8.07. The lowest BCUT2D eigenvalue weighted by molar-refractivity contribution is 0.0942. The van der Waals surface area contributed by atoms with Gasteiger partial charge in [-0.15, -0.1) is 0 Å². The Morgan fingerprint density at radius 1 is 1.11 bits per heavy atom. The zero-order valence-electron chi connectivity index (χ0n) is 19.3. The number of nitrogens with zero attached hydrogens (tertiary/aromatic N) is 4. The molecule has 0 spiro atoms. The van der Waals surface area contributed by atoms with Crippen LogP contribution in [0.2, 0.25) is 0 Å². The highest BCUT2D eigenvalue weighted by molar-refractivity contribution is 5.98. The number of alkyl halides is 1. The average molecular weight is 483 g/mol. The van der Waals surface area contributed by atoms with Gasteiger partial charge in [0.1, 0.15) is 11.6 Å². The summed E-state index contributed by atoms with van der Waals surface area (Å²) >= 11 is 0. The number of carbonyl (C=O) groups is 1. The highest BCUT2D eigenvalue weighted by Gasteiger charge is 2.22. The number of aryl methyl sites for hydroxylation is 2. The number of fused-ring (bicyclic) bond motifs is 1. The number of benzene rings is 2. The van der Waals surface area contributed by atoms with Gasteiger partial charge in [-0.25, -0.2) is 18.7 Å². The molecule has 0 aliphatic carbocycles. The van der Waals surface area contributed by atoms with Crippen LogP contribution in [0.3, 0.4) is 0 Å². The van der Waals surface area contributed by atoms with Crippen molar-refractivity contribution in [3.8, 4) is 5.75 Å². The number of hydrogen-bond donors (Lipinski definition) is 1. The summed E-state index contributed by atoms with van der Waals surface area (Å²) in [5.41, 5.74) is 1.40. The first kappa shape index (κ1) is 24.2. The molecule has 0 bridgehead atoms. The molecular formula is C25H24F3N5O2. The molecule has 35 heavy (non-hydrogen) atoms. The Morgan fingerprint density at radius 2 is 1.94 bits per heavy atom. The zero-order chi connectivity index (χ0) is 24.9. The quantitative estimate of drug-likeness (QED) is 0.356. The number of methoxy groups -OCH3 is 1. The maximum Gasteiger partial charge on any atom is 0.252 e. The lowest BCUT2D eigenvalue weighted by Crippen LogP contribution is -2.29. The van der Waals surface area contributed by atoms with E-state index in [-0.39, 0.29) is 22.2 Å². The van der Waals surface area contributed by atoms with Gasteiger partial charge in [0.15, 0.2) is 11.6 Å². The SMILES string of the molecule is COc1ccc([C@H](NC(=O)c2cc(F)c3cnc(CCCCF)nc3c2)c2cnn(C)c2)cc1F. The second-order valence-corrected chi connectivity index (χ2v) is 8.07. The molecule has 0 saturated heterocycles. The number of rotatable bonds is 9. The zero-order valence-corrected chi connectivity index (χ0v) is 19.3. The summed E-state index contributed by atoms with van der Waals surface area (Å²) in [6.07, 6.45) is 6.03. The topological polar surface area (TPSA) is 81.9 Å². The van der Waals surface area contributed by atoms with Gasteiger partial charge in [0.25, 0.3) is 5.91 Å². The predicted octanol–water partition coefficient (Wildman–Crippen LogP) is 4.46. The third-order valence-electron chi connectivity index (χ3n) is 5.59. The van der Waals surface area contributed by atoms with E-state index in [1.54, 1.807) is 30.2 Å². The molecule has 1 amide bonds. The lowest BCUT2D eigenvalue weighted by atomic mass is 10.00. The van der Waals surface area contributed by atoms with E-state index in [0.717, 1.165) is 6.07 Å². The van der Waals surface area contributed by atoms with Gasteiger partial charge in [0, 0.05) is 37.0 Å². The Hall–Kier alpha value is -3.95. The monoisotopic (exact) mass is 483 g/mol. The third-order valence-corrected chi connectivity index (χ3v) is 5.59. The number of ether oxygens (including phenoxy) is 1. The molecule has 2 heterocycles. The number of nitrogens with one attached hydrogen (secondary N) is 1. The van der Waals surface area contributed by atoms with Crippen LogP contribution >= 0.6 is 0 Å². The fourth-order valence-electron chi connectivity index (χ4n) is 3.78. The van der Waals surface area contributed by atoms with Gasteiger partial charge in [-0.05, 0) is 42.7 Å². The molecule has 7 nitrogen and oxygen atoms in total. The third kappa shape index (κ3) is 5.42. The van der Waals surface area contributed by atoms with Crippen LogP contribution in [0.15, 0.2) is 48.9 Å². The summed E-state index contributed by atoms with van der Waals surface area (Å²) in [7, 11) is 3.09. The highest BCUT2D eigenvalue weighted by atomic mass is 19.1. The summed E-state index contributed by atoms with van der Waals surface area (Å²) in [6, 6.07) is 6.21. The summed E-state index contributed by atoms with van der Waals surface area (Å²) in [5, 5.41) is 7.16. The molecular weight excluding hydrogens is 459 g/mol. The molecule has 0 radical (unpaired) electrons. The minimum absolute atomic E-state index is 0.0475. The fraction of sp³-hybridized carbons (Fsp3) is 0.280. The summed E-state index contributed by atoms with van der Waals surface area (Å²) < 4.78 is 48.1. The molecule has 1 atom stereocenters. The van der Waals surface area contributed by atoms with Gasteiger partial charge in [-0.1, -0.05) is 6.07 Å². The summed E-state index contributed by atoms with van der Waals surface area (Å²) in [6.45, 7) is -0.428. The van der Waals surface area contributed by atoms with Gasteiger partial charge in [-0.2, -0.15) is 5.10 Å². The highest BCUT2D eigenvalue weighted by Crippen LogP contribution is 2.27. The molecule has 1 N–H and O–H groups in total. The van der Waals surface area contributed by atoms with Crippen molar-refractivity contribution in [2.75, 3.05) is 13.8 Å². The maximum atomic E-state index is 14.8. The molecule has 0 aliphatic heterocycles. The van der Waals surface area contributed by atoms with Gasteiger partial charge in [0.05, 0.1) is 36.9 Å². The Morgan fingerprint density at radius 3 is 2.63 bits per heavy atom. The smallest absolute Gasteiger partial charge is 0.252 e. The van der Waals surface area contributed by atoms with Crippen LogP contribution in [-0.4, -0.2) is 39.4 Å². The Balaban J connectivity index is 1.66. The van der Waals surface area contributed by atoms with E-state index in [0.29, 0.717) is 36.2 Å². The number of hydrogen-bond acceptors (Lipinski definition) is 5. The Labute approximate surface area is 200 Å². The van der Waals surface area contributed by atoms with Crippen LogP contribution in [0.4, 0.5) is 13.2 Å². The van der Waals surface area contributed by atoms with E-state index in [1.807, 2.05) is 0 Å². The minimum Gasteiger partial charge on any atom is -0.494 e. The predicted molar refractivity (Wildman–Crippen MR) is 124 cm³/mol. The number of unbranched alkanes of at least 4 members (excludes halogenated alkanes) is 1. The first-order valence-electron chi connectivity index (χ1n) is 11.0. The van der Waals surface area contributed by atoms with Crippen molar-refractivity contribution in [1.82, 2.24) is 25.1 Å². The summed E-state index contributed by atoms with van der Waals surface area (Å²) in [4.78, 5) is 21.7. The number of carbonyl (C=O) groups excluding carboxylic acids is 1. The molecule has 2 aromatic heterocycles. The molecule has 0 aliphatic rings. The molecule has 4 rings (SSSR count). The van der Waals surface area contributed by atoms with Crippen LogP contribution in [0.1, 0.15) is 46.2 Å². The normalized spacial score (nSPS) is 12.0. The molecule has 4 aromatic rings. The number of halogens is 3. The Bertz CT molecular complexity index is 1360. The van der Waals surface area contributed by atoms with Crippen molar-refractivity contribution in [2.24, 2.45) is 7.05 Å². The molecule has 182 valence electrons. The largest absolute Gasteiger partial charge is 0.494 e. The van der Waals surface area contributed by atoms with E-state index in [4.69, 9.17) is 4.74 Å². The van der Waals surface area contributed by atoms with Crippen molar-refractivity contribution in [3.63, 3.8) is 0 Å². The standard InChI is InChI=1S/C25H24F3N5O2/c1-33-14-17(12-30-33)24(15-6-7-22(35-2)20(28)9-15)32-25(34)16-10-19(27)18-13-29-23(5-3-4-8-26)31-21(18)11-16/h6-7,9-14,24H,3-5,8H2,1-2H3,(H,32,34)/t24-/m0/s1. The van der Waals surface area contributed by atoms with Crippen LogP contribution < -0.4 is 10.1 Å². The van der Waals surface area contributed by atoms with Crippen molar-refractivity contribution < 1.29 is 22.7 Å². The average Bonchev–Trinajstić information content (AvgIpc) is 3.28. The van der Waals surface area contributed by atoms with E-state index in [1.165, 1.54) is 31.5 Å². The first-order valence-corrected chi connectivity index (χ1v) is 11.0. The van der Waals surface area contributed by atoms with Crippen molar-refractivity contribution >= 4 is 16.8 Å². The fourth-order valence-corrected chi connectivity index (χ4v) is 3.78. The van der Waals surface area contributed by atoms with Gasteiger partial charge in [-0.3, -0.25) is 13.9 Å². The van der Waals surface area contributed by atoms with Crippen LogP contribution in [0.25, 0.3) is 10.9 Å². The number of amides is 1. The number of aromatic nitrogens is 4. The van der Waals surface area contributed by atoms with Crippen LogP contribution in [0.5, 0.6) is 5.75 Å². The summed E-state index contributed by atoms with van der Waals surface area (Å²) in [5.74, 6) is -1.28. The minimum atomic E-state index is -0.753. The maximum absolute atomic E-state index is 14.8. The van der Waals surface area contributed by atoms with E-state index in [9.17, 15) is 18.0 Å². The first-order chi connectivity index (χ1) is 16.9. The van der Waals surface area contributed by atoms with Crippen LogP contribution in [-0.2, 0) is 13.5 Å². The van der Waals surface area contributed by atoms with E-state index in [2.05, 4.69) is 20.4 Å². The van der Waals surface area contributed by atoms with Crippen molar-refractivity contribution in [3.05, 3.63) is 83.1 Å². The Kier molecular flexibility index (Phi) is 7.28. The van der Waals surface area contributed by atoms with Gasteiger partial charge in [0.2, 0.25) is 0 Å². The van der Waals surface area contributed by atoms with Crippen molar-refractivity contribution in [1.29, 1.82) is 0 Å². The van der Waals surface area contributed by atoms with Crippen LogP contribution in [0, 0.1) is 11.6 Å². The second kappa shape index (κ2) is 10.5. The van der Waals surface area contributed by atoms with Gasteiger partial charge >= 0.3 is 0 Å². The molecule has 0 fully saturated rings. The van der Waals surface area contributed by atoms with Gasteiger partial charge < -0.3 is 10.1 Å². The van der Waals surface area contributed by atoms with E-state index >= 15 is 0 Å². The molecule has 0 saturated carbocycles. The van der Waals surface area contributed by atoms with E-state index < -0.39 is 30.3 Å². The molecule has 0 unspecified atom stereocenters. The van der Waals surface area contributed by atoms with Crippen molar-refractivity contribution in [2.45, 2.75) is 25.3 Å². The lowest BCUT2D eigenvalue weighted by Gasteiger charge is -2.19.